The van der Waals surface area contributed by atoms with E-state index < -0.39 is 23.7 Å². The first-order valence-corrected chi connectivity index (χ1v) is 5.99. The number of carbonyl (C=O) groups is 1. The number of benzene rings is 2. The van der Waals surface area contributed by atoms with Gasteiger partial charge in [-0.05, 0) is 42.5 Å². The molecule has 0 aliphatic carbocycles. The van der Waals surface area contributed by atoms with Crippen LogP contribution in [-0.4, -0.2) is 12.1 Å². The second-order valence-electron chi connectivity index (χ2n) is 4.02. The zero-order chi connectivity index (χ0) is 15.6. The van der Waals surface area contributed by atoms with Crippen molar-refractivity contribution in [2.75, 3.05) is 0 Å². The molecule has 0 saturated carbocycles. The van der Waals surface area contributed by atoms with Crippen molar-refractivity contribution in [2.24, 2.45) is 0 Å². The summed E-state index contributed by atoms with van der Waals surface area (Å²) in [5.41, 5.74) is -0.283. The largest absolute Gasteiger partial charge is 0.573 e. The summed E-state index contributed by atoms with van der Waals surface area (Å²) < 4.78 is 53.6. The third-order valence-electron chi connectivity index (χ3n) is 2.52. The molecule has 2 rings (SSSR count). The molecule has 7 heteroatoms. The van der Waals surface area contributed by atoms with Gasteiger partial charge >= 0.3 is 6.36 Å². The lowest BCUT2D eigenvalue weighted by Crippen LogP contribution is -2.19. The Bertz CT molecular complexity index is 666. The third kappa shape index (κ3) is 3.95. The smallest absolute Gasteiger partial charge is 0.405 e. The van der Waals surface area contributed by atoms with Crippen LogP contribution in [0.3, 0.4) is 0 Å². The van der Waals surface area contributed by atoms with E-state index in [1.807, 2.05) is 0 Å². The van der Waals surface area contributed by atoms with E-state index in [1.54, 1.807) is 0 Å². The van der Waals surface area contributed by atoms with Crippen LogP contribution in [-0.2, 0) is 0 Å². The summed E-state index contributed by atoms with van der Waals surface area (Å²) in [6.45, 7) is 0. The van der Waals surface area contributed by atoms with E-state index in [1.165, 1.54) is 18.2 Å². The average Bonchev–Trinajstić information content (AvgIpc) is 2.37. The third-order valence-corrected chi connectivity index (χ3v) is 2.76. The van der Waals surface area contributed by atoms with E-state index in [4.69, 9.17) is 11.6 Å². The molecule has 0 saturated heterocycles. The normalized spacial score (nSPS) is 11.3. The van der Waals surface area contributed by atoms with Crippen LogP contribution >= 0.6 is 11.6 Å². The van der Waals surface area contributed by atoms with E-state index in [9.17, 15) is 22.4 Å². The van der Waals surface area contributed by atoms with Gasteiger partial charge < -0.3 is 4.74 Å². The molecule has 110 valence electrons. The summed E-state index contributed by atoms with van der Waals surface area (Å²) in [4.78, 5) is 12.2. The fraction of sp³-hybridized carbons (Fsp3) is 0.0714. The van der Waals surface area contributed by atoms with Crippen LogP contribution < -0.4 is 4.74 Å². The van der Waals surface area contributed by atoms with Crippen LogP contribution in [0.4, 0.5) is 17.6 Å². The molecule has 0 N–H and O–H groups in total. The van der Waals surface area contributed by atoms with Gasteiger partial charge in [0.1, 0.15) is 11.6 Å². The molecular weight excluding hydrogens is 312 g/mol. The highest BCUT2D eigenvalue weighted by molar-refractivity contribution is 6.31. The molecule has 0 amide bonds. The van der Waals surface area contributed by atoms with Crippen molar-refractivity contribution in [2.45, 2.75) is 6.36 Å². The molecule has 0 heterocycles. The van der Waals surface area contributed by atoms with Crippen molar-refractivity contribution in [1.82, 2.24) is 0 Å². The van der Waals surface area contributed by atoms with Gasteiger partial charge in [0.15, 0.2) is 5.78 Å². The minimum absolute atomic E-state index is 0.00935. The number of carbonyl (C=O) groups excluding carboxylic acids is 1. The van der Waals surface area contributed by atoms with Gasteiger partial charge in [-0.2, -0.15) is 0 Å². The van der Waals surface area contributed by atoms with Crippen LogP contribution in [0.25, 0.3) is 0 Å². The monoisotopic (exact) mass is 318 g/mol. The Balaban J connectivity index is 2.43. The molecule has 2 aromatic rings. The van der Waals surface area contributed by atoms with Gasteiger partial charge in [-0.3, -0.25) is 4.79 Å². The molecule has 2 nitrogen and oxygen atoms in total. The number of hydrogen-bond donors (Lipinski definition) is 0. The Morgan fingerprint density at radius 1 is 1.05 bits per heavy atom. The summed E-state index contributed by atoms with van der Waals surface area (Å²) in [6.07, 6.45) is -4.96. The molecule has 0 atom stereocenters. The molecule has 0 aromatic heterocycles. The first-order chi connectivity index (χ1) is 9.76. The topological polar surface area (TPSA) is 26.3 Å². The maximum atomic E-state index is 12.8. The fourth-order valence-corrected chi connectivity index (χ4v) is 1.81. The standard InChI is InChI=1S/C14H7ClF4O2/c15-9-3-6-11(12(7-9)21-14(17,18)19)13(20)8-1-4-10(16)5-2-8/h1-7H. The van der Waals surface area contributed by atoms with E-state index >= 15 is 0 Å². The van der Waals surface area contributed by atoms with Crippen LogP contribution in [0.5, 0.6) is 5.75 Å². The van der Waals surface area contributed by atoms with Gasteiger partial charge in [0.2, 0.25) is 0 Å². The Morgan fingerprint density at radius 2 is 1.67 bits per heavy atom. The predicted molar refractivity (Wildman–Crippen MR) is 68.0 cm³/mol. The SMILES string of the molecule is O=C(c1ccc(F)cc1)c1ccc(Cl)cc1OC(F)(F)F. The minimum atomic E-state index is -4.96. The second kappa shape index (κ2) is 5.73. The molecule has 21 heavy (non-hydrogen) atoms. The highest BCUT2D eigenvalue weighted by Gasteiger charge is 2.33. The van der Waals surface area contributed by atoms with Crippen molar-refractivity contribution in [3.8, 4) is 5.75 Å². The number of halogens is 5. The van der Waals surface area contributed by atoms with E-state index in [0.29, 0.717) is 0 Å². The van der Waals surface area contributed by atoms with E-state index in [0.717, 1.165) is 24.3 Å². The summed E-state index contributed by atoms with van der Waals surface area (Å²) in [7, 11) is 0. The Hall–Kier alpha value is -2.08. The van der Waals surface area contributed by atoms with Gasteiger partial charge in [-0.15, -0.1) is 13.2 Å². The quantitative estimate of drug-likeness (QED) is 0.610. The summed E-state index contributed by atoms with van der Waals surface area (Å²) in [6, 6.07) is 7.69. The Kier molecular flexibility index (Phi) is 4.18. The van der Waals surface area contributed by atoms with Gasteiger partial charge in [0.25, 0.3) is 0 Å². The molecule has 0 fully saturated rings. The number of ether oxygens (including phenoxy) is 1. The van der Waals surface area contributed by atoms with Crippen LogP contribution in [0, 0.1) is 5.82 Å². The minimum Gasteiger partial charge on any atom is -0.405 e. The van der Waals surface area contributed by atoms with Crippen molar-refractivity contribution in [3.05, 3.63) is 64.4 Å². The number of hydrogen-bond acceptors (Lipinski definition) is 2. The first kappa shape index (κ1) is 15.3. The summed E-state index contributed by atoms with van der Waals surface area (Å²) in [5, 5.41) is -0.00935. The van der Waals surface area contributed by atoms with Crippen LogP contribution in [0.2, 0.25) is 5.02 Å². The van der Waals surface area contributed by atoms with Gasteiger partial charge in [0, 0.05) is 10.6 Å². The maximum Gasteiger partial charge on any atom is 0.573 e. The molecule has 0 unspecified atom stereocenters. The number of ketones is 1. The zero-order valence-corrected chi connectivity index (χ0v) is 11.0. The lowest BCUT2D eigenvalue weighted by Gasteiger charge is -2.13. The highest BCUT2D eigenvalue weighted by Crippen LogP contribution is 2.30. The van der Waals surface area contributed by atoms with Crippen molar-refractivity contribution >= 4 is 17.4 Å². The second-order valence-corrected chi connectivity index (χ2v) is 4.46. The Morgan fingerprint density at radius 3 is 2.24 bits per heavy atom. The summed E-state index contributed by atoms with van der Waals surface area (Å²) in [5.74, 6) is -2.00. The van der Waals surface area contributed by atoms with E-state index in [2.05, 4.69) is 4.74 Å². The maximum absolute atomic E-state index is 12.8. The lowest BCUT2D eigenvalue weighted by molar-refractivity contribution is -0.274. The fourth-order valence-electron chi connectivity index (χ4n) is 1.65. The van der Waals surface area contributed by atoms with Crippen LogP contribution in [0.1, 0.15) is 15.9 Å². The average molecular weight is 319 g/mol. The summed E-state index contributed by atoms with van der Waals surface area (Å²) >= 11 is 5.61. The molecule has 0 radical (unpaired) electrons. The van der Waals surface area contributed by atoms with Gasteiger partial charge in [-0.1, -0.05) is 11.6 Å². The number of alkyl halides is 3. The van der Waals surface area contributed by atoms with Gasteiger partial charge in [-0.25, -0.2) is 4.39 Å². The first-order valence-electron chi connectivity index (χ1n) is 5.62. The molecule has 2 aromatic carbocycles. The molecule has 0 aliphatic heterocycles. The molecular formula is C14H7ClF4O2. The van der Waals surface area contributed by atoms with Crippen molar-refractivity contribution in [3.63, 3.8) is 0 Å². The van der Waals surface area contributed by atoms with Crippen LogP contribution in [0.15, 0.2) is 42.5 Å². The number of rotatable bonds is 3. The van der Waals surface area contributed by atoms with Crippen molar-refractivity contribution in [1.29, 1.82) is 0 Å². The molecule has 0 spiro atoms. The van der Waals surface area contributed by atoms with Gasteiger partial charge in [0.05, 0.1) is 5.56 Å². The Labute approximate surface area is 121 Å². The lowest BCUT2D eigenvalue weighted by atomic mass is 10.0. The highest BCUT2D eigenvalue weighted by atomic mass is 35.5. The predicted octanol–water partition coefficient (Wildman–Crippen LogP) is 4.61. The van der Waals surface area contributed by atoms with Crippen molar-refractivity contribution < 1.29 is 27.1 Å². The van der Waals surface area contributed by atoms with E-state index in [-0.39, 0.29) is 16.1 Å². The molecule has 0 bridgehead atoms. The zero-order valence-electron chi connectivity index (χ0n) is 10.2. The molecule has 0 aliphatic rings.